The number of ether oxygens (including phenoxy) is 2. The molecule has 0 fully saturated rings. The average molecular weight is 265 g/mol. The van der Waals surface area contributed by atoms with Crippen LogP contribution in [0.15, 0.2) is 18.2 Å². The second-order valence-corrected chi connectivity index (χ2v) is 5.42. The molecule has 0 aromatic heterocycles. The van der Waals surface area contributed by atoms with Crippen molar-refractivity contribution >= 4 is 5.97 Å². The van der Waals surface area contributed by atoms with E-state index in [-0.39, 0.29) is 0 Å². The van der Waals surface area contributed by atoms with E-state index in [0.29, 0.717) is 6.42 Å². The fourth-order valence-electron chi connectivity index (χ4n) is 2.04. The smallest absolute Gasteiger partial charge is 0.322 e. The van der Waals surface area contributed by atoms with E-state index in [1.165, 1.54) is 7.11 Å². The highest BCUT2D eigenvalue weighted by molar-refractivity contribution is 5.75. The van der Waals surface area contributed by atoms with Gasteiger partial charge in [-0.05, 0) is 38.8 Å². The van der Waals surface area contributed by atoms with Crippen LogP contribution in [-0.2, 0) is 9.53 Å². The Morgan fingerprint density at radius 3 is 2.32 bits per heavy atom. The van der Waals surface area contributed by atoms with E-state index in [4.69, 9.17) is 10.5 Å². The van der Waals surface area contributed by atoms with Crippen molar-refractivity contribution in [3.05, 3.63) is 29.3 Å². The minimum absolute atomic E-state index is 0.396. The van der Waals surface area contributed by atoms with Crippen molar-refractivity contribution in [1.82, 2.24) is 0 Å². The van der Waals surface area contributed by atoms with Crippen LogP contribution in [0.5, 0.6) is 5.75 Å². The number of hydrogen-bond donors (Lipinski definition) is 1. The predicted molar refractivity (Wildman–Crippen MR) is 75.2 cm³/mol. The third-order valence-corrected chi connectivity index (χ3v) is 3.00. The van der Waals surface area contributed by atoms with Gasteiger partial charge in [0.1, 0.15) is 17.4 Å². The fraction of sp³-hybridized carbons (Fsp3) is 0.533. The van der Waals surface area contributed by atoms with Gasteiger partial charge in [-0.25, -0.2) is 0 Å². The second kappa shape index (κ2) is 6.06. The van der Waals surface area contributed by atoms with Gasteiger partial charge in [-0.3, -0.25) is 4.79 Å². The Kier molecular flexibility index (Phi) is 4.95. The molecule has 1 aromatic rings. The number of nitrogens with two attached hydrogens (primary N) is 1. The molecule has 0 aliphatic carbocycles. The van der Waals surface area contributed by atoms with Gasteiger partial charge in [-0.1, -0.05) is 18.2 Å². The van der Waals surface area contributed by atoms with Gasteiger partial charge in [0.15, 0.2) is 0 Å². The first-order valence-corrected chi connectivity index (χ1v) is 6.35. The molecule has 19 heavy (non-hydrogen) atoms. The van der Waals surface area contributed by atoms with Gasteiger partial charge in [0.05, 0.1) is 7.11 Å². The summed E-state index contributed by atoms with van der Waals surface area (Å²) in [5, 5.41) is 0. The topological polar surface area (TPSA) is 61.5 Å². The van der Waals surface area contributed by atoms with Gasteiger partial charge >= 0.3 is 5.97 Å². The third-order valence-electron chi connectivity index (χ3n) is 3.00. The molecule has 4 heteroatoms. The molecule has 0 bridgehead atoms. The molecule has 0 saturated heterocycles. The lowest BCUT2D eigenvalue weighted by molar-refractivity contribution is -0.143. The summed E-state index contributed by atoms with van der Waals surface area (Å²) in [4.78, 5) is 11.4. The SMILES string of the molecule is COC(=O)C(N)CC(C)(C)Oc1c(C)cccc1C. The standard InChI is InChI=1S/C15H23NO3/c1-10-7-6-8-11(2)13(10)19-15(3,4)9-12(16)14(17)18-5/h6-8,12H,9,16H2,1-5H3. The minimum atomic E-state index is -0.677. The Labute approximate surface area is 114 Å². The first-order chi connectivity index (χ1) is 8.76. The summed E-state index contributed by atoms with van der Waals surface area (Å²) in [7, 11) is 1.33. The van der Waals surface area contributed by atoms with Crippen LogP contribution in [0.1, 0.15) is 31.4 Å². The predicted octanol–water partition coefficient (Wildman–Crippen LogP) is 2.35. The normalized spacial score (nSPS) is 12.9. The lowest BCUT2D eigenvalue weighted by atomic mass is 9.98. The number of benzene rings is 1. The highest BCUT2D eigenvalue weighted by Crippen LogP contribution is 2.28. The summed E-state index contributed by atoms with van der Waals surface area (Å²) in [6.07, 6.45) is 0.396. The maximum atomic E-state index is 11.4. The molecule has 0 amide bonds. The van der Waals surface area contributed by atoms with Crippen LogP contribution in [0, 0.1) is 13.8 Å². The summed E-state index contributed by atoms with van der Waals surface area (Å²) in [5.41, 5.74) is 7.39. The van der Waals surface area contributed by atoms with Crippen molar-refractivity contribution in [2.75, 3.05) is 7.11 Å². The van der Waals surface area contributed by atoms with Crippen LogP contribution in [0.2, 0.25) is 0 Å². The van der Waals surface area contributed by atoms with Crippen molar-refractivity contribution in [2.45, 2.75) is 45.8 Å². The van der Waals surface area contributed by atoms with E-state index in [1.54, 1.807) is 0 Å². The number of esters is 1. The molecule has 1 rings (SSSR count). The Morgan fingerprint density at radius 2 is 1.84 bits per heavy atom. The molecule has 0 aliphatic heterocycles. The molecule has 1 aromatic carbocycles. The zero-order valence-electron chi connectivity index (χ0n) is 12.3. The monoisotopic (exact) mass is 265 g/mol. The zero-order valence-corrected chi connectivity index (χ0v) is 12.3. The van der Waals surface area contributed by atoms with Gasteiger partial charge in [-0.2, -0.15) is 0 Å². The molecule has 0 heterocycles. The number of carbonyl (C=O) groups excluding carboxylic acids is 1. The Balaban J connectivity index is 2.82. The van der Waals surface area contributed by atoms with E-state index in [1.807, 2.05) is 45.9 Å². The quantitative estimate of drug-likeness (QED) is 0.830. The van der Waals surface area contributed by atoms with E-state index in [2.05, 4.69) is 4.74 Å². The van der Waals surface area contributed by atoms with E-state index < -0.39 is 17.6 Å². The van der Waals surface area contributed by atoms with Crippen LogP contribution in [0.25, 0.3) is 0 Å². The van der Waals surface area contributed by atoms with Gasteiger partial charge in [-0.15, -0.1) is 0 Å². The van der Waals surface area contributed by atoms with Gasteiger partial charge in [0, 0.05) is 6.42 Å². The Hall–Kier alpha value is -1.55. The molecule has 4 nitrogen and oxygen atoms in total. The first kappa shape index (κ1) is 15.5. The largest absolute Gasteiger partial charge is 0.487 e. The lowest BCUT2D eigenvalue weighted by Crippen LogP contribution is -2.42. The van der Waals surface area contributed by atoms with Crippen molar-refractivity contribution in [3.8, 4) is 5.75 Å². The average Bonchev–Trinajstić information content (AvgIpc) is 2.32. The van der Waals surface area contributed by atoms with E-state index in [0.717, 1.165) is 16.9 Å². The molecule has 0 saturated carbocycles. The maximum Gasteiger partial charge on any atom is 0.322 e. The third kappa shape index (κ3) is 4.24. The Morgan fingerprint density at radius 1 is 1.32 bits per heavy atom. The minimum Gasteiger partial charge on any atom is -0.487 e. The second-order valence-electron chi connectivity index (χ2n) is 5.42. The molecule has 0 radical (unpaired) electrons. The van der Waals surface area contributed by atoms with E-state index >= 15 is 0 Å². The van der Waals surface area contributed by atoms with Crippen molar-refractivity contribution < 1.29 is 14.3 Å². The Bertz CT molecular complexity index is 434. The zero-order chi connectivity index (χ0) is 14.6. The summed E-state index contributed by atoms with van der Waals surface area (Å²) in [5.74, 6) is 0.433. The summed E-state index contributed by atoms with van der Waals surface area (Å²) in [6.45, 7) is 7.83. The fourth-order valence-corrected chi connectivity index (χ4v) is 2.04. The van der Waals surface area contributed by atoms with E-state index in [9.17, 15) is 4.79 Å². The van der Waals surface area contributed by atoms with Crippen molar-refractivity contribution in [3.63, 3.8) is 0 Å². The van der Waals surface area contributed by atoms with Crippen LogP contribution in [0.3, 0.4) is 0 Å². The van der Waals surface area contributed by atoms with Gasteiger partial charge in [0.2, 0.25) is 0 Å². The maximum absolute atomic E-state index is 11.4. The molecular formula is C15H23NO3. The number of carbonyl (C=O) groups is 1. The van der Waals surface area contributed by atoms with Crippen LogP contribution in [0.4, 0.5) is 0 Å². The molecular weight excluding hydrogens is 242 g/mol. The lowest BCUT2D eigenvalue weighted by Gasteiger charge is -2.30. The van der Waals surface area contributed by atoms with Crippen molar-refractivity contribution in [2.24, 2.45) is 5.73 Å². The highest BCUT2D eigenvalue weighted by Gasteiger charge is 2.28. The molecule has 2 N–H and O–H groups in total. The summed E-state index contributed by atoms with van der Waals surface area (Å²) < 4.78 is 10.7. The number of rotatable bonds is 5. The molecule has 106 valence electrons. The van der Waals surface area contributed by atoms with Crippen LogP contribution in [-0.4, -0.2) is 24.7 Å². The molecule has 0 aliphatic rings. The highest BCUT2D eigenvalue weighted by atomic mass is 16.5. The summed E-state index contributed by atoms with van der Waals surface area (Å²) in [6, 6.07) is 5.31. The molecule has 0 spiro atoms. The number of aryl methyl sites for hydroxylation is 2. The summed E-state index contributed by atoms with van der Waals surface area (Å²) >= 11 is 0. The van der Waals surface area contributed by atoms with Crippen molar-refractivity contribution in [1.29, 1.82) is 0 Å². The number of hydrogen-bond acceptors (Lipinski definition) is 4. The van der Waals surface area contributed by atoms with Gasteiger partial charge < -0.3 is 15.2 Å². The molecule has 1 unspecified atom stereocenters. The number of para-hydroxylation sites is 1. The molecule has 1 atom stereocenters. The first-order valence-electron chi connectivity index (χ1n) is 6.35. The number of methoxy groups -OCH3 is 1. The van der Waals surface area contributed by atoms with Gasteiger partial charge in [0.25, 0.3) is 0 Å². The van der Waals surface area contributed by atoms with Crippen LogP contribution >= 0.6 is 0 Å². The van der Waals surface area contributed by atoms with Crippen LogP contribution < -0.4 is 10.5 Å².